The van der Waals surface area contributed by atoms with Crippen LogP contribution in [-0.2, 0) is 4.74 Å². The number of hydrogen-bond acceptors (Lipinski definition) is 3. The van der Waals surface area contributed by atoms with Crippen molar-refractivity contribution in [2.75, 3.05) is 19.6 Å². The lowest BCUT2D eigenvalue weighted by atomic mass is 9.93. The Morgan fingerprint density at radius 2 is 2.06 bits per heavy atom. The van der Waals surface area contributed by atoms with Crippen LogP contribution in [0.4, 0.5) is 4.79 Å². The van der Waals surface area contributed by atoms with Crippen molar-refractivity contribution < 1.29 is 9.53 Å². The van der Waals surface area contributed by atoms with Gasteiger partial charge in [0.15, 0.2) is 0 Å². The molecule has 0 aromatic carbocycles. The average Bonchev–Trinajstić information content (AvgIpc) is 2.36. The fourth-order valence-corrected chi connectivity index (χ4v) is 2.50. The van der Waals surface area contributed by atoms with Crippen LogP contribution >= 0.6 is 0 Å². The summed E-state index contributed by atoms with van der Waals surface area (Å²) in [6.45, 7) is 8.91. The largest absolute Gasteiger partial charge is 0.441 e. The summed E-state index contributed by atoms with van der Waals surface area (Å²) < 4.78 is 5.66. The molecule has 0 aromatic rings. The zero-order valence-electron chi connectivity index (χ0n) is 10.5. The number of ether oxygens (including phenoxy) is 1. The number of nitrogens with one attached hydrogen (secondary N) is 1. The Balaban J connectivity index is 2.12. The number of rotatable bonds is 0. The number of nitrogens with zero attached hydrogens (tertiary/aromatic N) is 1. The van der Waals surface area contributed by atoms with Crippen molar-refractivity contribution in [1.29, 1.82) is 0 Å². The van der Waals surface area contributed by atoms with E-state index in [1.165, 1.54) is 0 Å². The van der Waals surface area contributed by atoms with Crippen molar-refractivity contribution in [2.45, 2.75) is 51.2 Å². The summed E-state index contributed by atoms with van der Waals surface area (Å²) in [6.07, 6.45) is 2.86. The third-order valence-electron chi connectivity index (χ3n) is 3.52. The van der Waals surface area contributed by atoms with E-state index in [1.54, 1.807) is 0 Å². The predicted octanol–water partition coefficient (Wildman–Crippen LogP) is 1.75. The molecule has 0 bridgehead atoms. The Kier molecular flexibility index (Phi) is 2.86. The molecule has 92 valence electrons. The van der Waals surface area contributed by atoms with Gasteiger partial charge in [-0.05, 0) is 46.7 Å². The number of hydrogen-bond donors (Lipinski definition) is 1. The molecule has 1 spiro atoms. The summed E-state index contributed by atoms with van der Waals surface area (Å²) in [7, 11) is 0. The molecule has 1 N–H and O–H groups in total. The normalized spacial score (nSPS) is 31.7. The lowest BCUT2D eigenvalue weighted by Gasteiger charge is -2.31. The quantitative estimate of drug-likeness (QED) is 0.684. The first-order chi connectivity index (χ1) is 7.43. The van der Waals surface area contributed by atoms with Gasteiger partial charge in [-0.25, -0.2) is 4.79 Å². The Morgan fingerprint density at radius 1 is 1.31 bits per heavy atom. The summed E-state index contributed by atoms with van der Waals surface area (Å²) in [6, 6.07) is 0. The first-order valence-electron chi connectivity index (χ1n) is 6.14. The minimum absolute atomic E-state index is 0.139. The first-order valence-corrected chi connectivity index (χ1v) is 6.14. The first kappa shape index (κ1) is 11.7. The van der Waals surface area contributed by atoms with Crippen molar-refractivity contribution in [3.05, 3.63) is 0 Å². The lowest BCUT2D eigenvalue weighted by molar-refractivity contribution is 0.0469. The molecule has 4 heteroatoms. The Labute approximate surface area is 97.3 Å². The van der Waals surface area contributed by atoms with E-state index < -0.39 is 0 Å². The molecular formula is C12H22N2O2. The molecule has 0 aliphatic carbocycles. The minimum atomic E-state index is -0.228. The molecule has 16 heavy (non-hydrogen) atoms. The summed E-state index contributed by atoms with van der Waals surface area (Å²) >= 11 is 0. The average molecular weight is 226 g/mol. The molecule has 2 rings (SSSR count). The van der Waals surface area contributed by atoms with Crippen LogP contribution in [0.15, 0.2) is 0 Å². The maximum atomic E-state index is 11.9. The number of carbonyl (C=O) groups excluding carboxylic acids is 1. The molecule has 0 saturated carbocycles. The smallest absolute Gasteiger partial charge is 0.410 e. The second kappa shape index (κ2) is 3.91. The Bertz CT molecular complexity index is 275. The van der Waals surface area contributed by atoms with Gasteiger partial charge in [-0.1, -0.05) is 0 Å². The van der Waals surface area contributed by atoms with E-state index in [0.29, 0.717) is 0 Å². The topological polar surface area (TPSA) is 41.6 Å². The van der Waals surface area contributed by atoms with Crippen molar-refractivity contribution in [1.82, 2.24) is 10.2 Å². The van der Waals surface area contributed by atoms with Crippen LogP contribution in [0.2, 0.25) is 0 Å². The van der Waals surface area contributed by atoms with Gasteiger partial charge in [-0.3, -0.25) is 4.90 Å². The van der Waals surface area contributed by atoms with E-state index in [4.69, 9.17) is 4.74 Å². The monoisotopic (exact) mass is 226 g/mol. The van der Waals surface area contributed by atoms with Crippen LogP contribution in [0.5, 0.6) is 0 Å². The number of amides is 1. The summed E-state index contributed by atoms with van der Waals surface area (Å²) in [4.78, 5) is 13.7. The molecule has 4 nitrogen and oxygen atoms in total. The second-order valence-corrected chi connectivity index (χ2v) is 5.91. The minimum Gasteiger partial charge on any atom is -0.441 e. The summed E-state index contributed by atoms with van der Waals surface area (Å²) in [5.74, 6) is 0. The zero-order chi connectivity index (χ0) is 11.8. The van der Waals surface area contributed by atoms with Crippen LogP contribution in [0.1, 0.15) is 40.0 Å². The number of carbonyl (C=O) groups is 1. The van der Waals surface area contributed by atoms with E-state index in [0.717, 1.165) is 38.9 Å². The van der Waals surface area contributed by atoms with Crippen molar-refractivity contribution in [2.24, 2.45) is 0 Å². The fraction of sp³-hybridized carbons (Fsp3) is 0.917. The van der Waals surface area contributed by atoms with Gasteiger partial charge in [0.2, 0.25) is 0 Å². The molecule has 1 unspecified atom stereocenters. The van der Waals surface area contributed by atoms with Gasteiger partial charge in [-0.15, -0.1) is 0 Å². The maximum absolute atomic E-state index is 11.9. The second-order valence-electron chi connectivity index (χ2n) is 5.91. The molecule has 2 fully saturated rings. The third-order valence-corrected chi connectivity index (χ3v) is 3.52. The van der Waals surface area contributed by atoms with E-state index in [-0.39, 0.29) is 17.2 Å². The van der Waals surface area contributed by atoms with E-state index in [1.807, 2.05) is 4.90 Å². The highest BCUT2D eigenvalue weighted by Gasteiger charge is 2.48. The van der Waals surface area contributed by atoms with Gasteiger partial charge in [0.1, 0.15) is 5.60 Å². The SMILES string of the molecule is CC(C)(C)N1CC2(CCCNCC2)OC1=O. The van der Waals surface area contributed by atoms with Gasteiger partial charge in [0.05, 0.1) is 6.54 Å². The lowest BCUT2D eigenvalue weighted by Crippen LogP contribution is -2.44. The van der Waals surface area contributed by atoms with Crippen molar-refractivity contribution in [3.63, 3.8) is 0 Å². The molecule has 2 aliphatic heterocycles. The van der Waals surface area contributed by atoms with E-state index in [2.05, 4.69) is 26.1 Å². The molecule has 1 atom stereocenters. The molecule has 2 saturated heterocycles. The van der Waals surface area contributed by atoms with Crippen LogP contribution < -0.4 is 5.32 Å². The van der Waals surface area contributed by atoms with E-state index in [9.17, 15) is 4.79 Å². The molecule has 0 aromatic heterocycles. The van der Waals surface area contributed by atoms with Crippen LogP contribution in [0.25, 0.3) is 0 Å². The van der Waals surface area contributed by atoms with E-state index >= 15 is 0 Å². The van der Waals surface area contributed by atoms with Gasteiger partial charge in [0.25, 0.3) is 0 Å². The predicted molar refractivity (Wildman–Crippen MR) is 62.4 cm³/mol. The van der Waals surface area contributed by atoms with Crippen molar-refractivity contribution in [3.8, 4) is 0 Å². The molecule has 1 amide bonds. The third kappa shape index (κ3) is 2.17. The molecular weight excluding hydrogens is 204 g/mol. The Morgan fingerprint density at radius 3 is 2.69 bits per heavy atom. The molecule has 2 aliphatic rings. The van der Waals surface area contributed by atoms with Gasteiger partial charge in [-0.2, -0.15) is 0 Å². The fourth-order valence-electron chi connectivity index (χ4n) is 2.50. The highest BCUT2D eigenvalue weighted by atomic mass is 16.6. The van der Waals surface area contributed by atoms with Crippen LogP contribution in [-0.4, -0.2) is 41.8 Å². The van der Waals surface area contributed by atoms with Gasteiger partial charge >= 0.3 is 6.09 Å². The Hall–Kier alpha value is -0.770. The zero-order valence-corrected chi connectivity index (χ0v) is 10.5. The van der Waals surface area contributed by atoms with Crippen molar-refractivity contribution >= 4 is 6.09 Å². The standard InChI is InChI=1S/C12H22N2O2/c1-11(2,3)14-9-12(16-10(14)15)5-4-7-13-8-6-12/h13H,4-9H2,1-3H3. The maximum Gasteiger partial charge on any atom is 0.410 e. The van der Waals surface area contributed by atoms with Gasteiger partial charge < -0.3 is 10.1 Å². The van der Waals surface area contributed by atoms with Crippen LogP contribution in [0, 0.1) is 0 Å². The summed E-state index contributed by atoms with van der Waals surface area (Å²) in [5.41, 5.74) is -0.367. The molecule has 0 radical (unpaired) electrons. The molecule has 2 heterocycles. The van der Waals surface area contributed by atoms with Gasteiger partial charge in [0, 0.05) is 12.0 Å². The highest BCUT2D eigenvalue weighted by Crippen LogP contribution is 2.35. The highest BCUT2D eigenvalue weighted by molar-refractivity contribution is 5.71. The summed E-state index contributed by atoms with van der Waals surface area (Å²) in [5, 5.41) is 3.36. The van der Waals surface area contributed by atoms with Crippen LogP contribution in [0.3, 0.4) is 0 Å².